The lowest BCUT2D eigenvalue weighted by Crippen LogP contribution is -2.37. The maximum Gasteiger partial charge on any atom is 0.244 e. The molecule has 1 amide bonds. The Morgan fingerprint density at radius 2 is 1.70 bits per heavy atom. The first-order valence-corrected chi connectivity index (χ1v) is 7.61. The number of amides is 1. The summed E-state index contributed by atoms with van der Waals surface area (Å²) in [5.41, 5.74) is 0.420. The first-order chi connectivity index (χ1) is 9.17. The number of carbonyl (C=O) groups excluding carboxylic acids is 1. The Balaban J connectivity index is 3.13. The number of sulfonamides is 1. The van der Waals surface area contributed by atoms with Crippen molar-refractivity contribution in [2.45, 2.75) is 17.9 Å². The van der Waals surface area contributed by atoms with Crippen LogP contribution < -0.4 is 5.32 Å². The number of likely N-dealkylation sites (N-methyl/N-ethyl adjacent to an activating group) is 1. The Bertz CT molecular complexity index is 582. The zero-order valence-electron chi connectivity index (χ0n) is 12.4. The largest absolute Gasteiger partial charge is 0.373 e. The number of carbonyl (C=O) groups is 1. The highest BCUT2D eigenvalue weighted by Gasteiger charge is 2.23. The van der Waals surface area contributed by atoms with E-state index in [4.69, 9.17) is 0 Å². The highest BCUT2D eigenvalue weighted by molar-refractivity contribution is 7.89. The zero-order valence-corrected chi connectivity index (χ0v) is 13.2. The van der Waals surface area contributed by atoms with Crippen molar-refractivity contribution in [1.82, 2.24) is 9.21 Å². The molecule has 1 atom stereocenters. The van der Waals surface area contributed by atoms with Gasteiger partial charge in [0.25, 0.3) is 0 Å². The van der Waals surface area contributed by atoms with Crippen LogP contribution >= 0.6 is 0 Å². The van der Waals surface area contributed by atoms with Crippen molar-refractivity contribution in [3.05, 3.63) is 24.3 Å². The van der Waals surface area contributed by atoms with E-state index in [1.54, 1.807) is 39.2 Å². The molecule has 0 aromatic heterocycles. The monoisotopic (exact) mass is 299 g/mol. The molecule has 1 N–H and O–H groups in total. The number of anilines is 1. The number of nitrogens with zero attached hydrogens (tertiary/aromatic N) is 2. The highest BCUT2D eigenvalue weighted by Crippen LogP contribution is 2.23. The van der Waals surface area contributed by atoms with Gasteiger partial charge in [0.2, 0.25) is 15.9 Å². The quantitative estimate of drug-likeness (QED) is 0.874. The molecule has 0 heterocycles. The minimum Gasteiger partial charge on any atom is -0.373 e. The summed E-state index contributed by atoms with van der Waals surface area (Å²) >= 11 is 0. The van der Waals surface area contributed by atoms with Gasteiger partial charge in [-0.3, -0.25) is 4.79 Å². The van der Waals surface area contributed by atoms with Crippen LogP contribution in [0.4, 0.5) is 5.69 Å². The molecule has 1 rings (SSSR count). The molecule has 112 valence electrons. The normalized spacial score (nSPS) is 13.1. The van der Waals surface area contributed by atoms with E-state index in [1.165, 1.54) is 25.1 Å². The van der Waals surface area contributed by atoms with Crippen molar-refractivity contribution in [3.8, 4) is 0 Å². The third-order valence-corrected chi connectivity index (χ3v) is 4.70. The molecule has 6 nitrogen and oxygen atoms in total. The highest BCUT2D eigenvalue weighted by atomic mass is 32.2. The molecule has 0 fully saturated rings. The van der Waals surface area contributed by atoms with Gasteiger partial charge >= 0.3 is 0 Å². The molecule has 1 aromatic rings. The van der Waals surface area contributed by atoms with Crippen molar-refractivity contribution in [1.29, 1.82) is 0 Å². The van der Waals surface area contributed by atoms with E-state index in [2.05, 4.69) is 5.32 Å². The number of benzene rings is 1. The second-order valence-corrected chi connectivity index (χ2v) is 7.00. The smallest absolute Gasteiger partial charge is 0.244 e. The second kappa shape index (κ2) is 6.23. The van der Waals surface area contributed by atoms with Gasteiger partial charge in [-0.15, -0.1) is 0 Å². The molecule has 0 saturated carbocycles. The molecule has 20 heavy (non-hydrogen) atoms. The van der Waals surface area contributed by atoms with E-state index < -0.39 is 16.1 Å². The summed E-state index contributed by atoms with van der Waals surface area (Å²) in [4.78, 5) is 13.5. The molecule has 0 radical (unpaired) electrons. The van der Waals surface area contributed by atoms with Gasteiger partial charge < -0.3 is 10.2 Å². The molecule has 0 aliphatic rings. The summed E-state index contributed by atoms with van der Waals surface area (Å²) in [6, 6.07) is 6.04. The zero-order chi connectivity index (χ0) is 15.5. The van der Waals surface area contributed by atoms with Crippen LogP contribution in [0.3, 0.4) is 0 Å². The van der Waals surface area contributed by atoms with Crippen molar-refractivity contribution < 1.29 is 13.2 Å². The number of rotatable bonds is 5. The van der Waals surface area contributed by atoms with Crippen LogP contribution in [0.5, 0.6) is 0 Å². The fraction of sp³-hybridized carbons (Fsp3) is 0.462. The van der Waals surface area contributed by atoms with Gasteiger partial charge in [-0.1, -0.05) is 12.1 Å². The molecule has 7 heteroatoms. The average Bonchev–Trinajstić information content (AvgIpc) is 2.37. The number of nitrogens with one attached hydrogen (secondary N) is 1. The van der Waals surface area contributed by atoms with E-state index in [0.717, 1.165) is 4.31 Å². The Morgan fingerprint density at radius 1 is 1.15 bits per heavy atom. The topological polar surface area (TPSA) is 69.7 Å². The standard InChI is InChI=1S/C13H21N3O3S/c1-10(13(17)15(2)3)14-11-8-6-7-9-12(11)20(18,19)16(4)5/h6-10,14H,1-5H3. The molecule has 0 aliphatic heterocycles. The SMILES string of the molecule is CC(Nc1ccccc1S(=O)(=O)N(C)C)C(=O)N(C)C. The number of para-hydroxylation sites is 1. The van der Waals surface area contributed by atoms with Crippen LogP contribution in [0.1, 0.15) is 6.92 Å². The van der Waals surface area contributed by atoms with Gasteiger partial charge in [-0.2, -0.15) is 0 Å². The lowest BCUT2D eigenvalue weighted by atomic mass is 10.2. The first-order valence-electron chi connectivity index (χ1n) is 6.17. The third-order valence-electron chi connectivity index (χ3n) is 2.83. The van der Waals surface area contributed by atoms with Gasteiger partial charge in [0.15, 0.2) is 0 Å². The molecular formula is C13H21N3O3S. The predicted octanol–water partition coefficient (Wildman–Crippen LogP) is 0.825. The summed E-state index contributed by atoms with van der Waals surface area (Å²) in [6.07, 6.45) is 0. The third kappa shape index (κ3) is 3.49. The fourth-order valence-corrected chi connectivity index (χ4v) is 2.74. The lowest BCUT2D eigenvalue weighted by molar-refractivity contribution is -0.129. The van der Waals surface area contributed by atoms with Gasteiger partial charge in [-0.05, 0) is 19.1 Å². The van der Waals surface area contributed by atoms with Crippen molar-refractivity contribution in [3.63, 3.8) is 0 Å². The molecule has 0 aliphatic carbocycles. The summed E-state index contributed by atoms with van der Waals surface area (Å²) in [7, 11) is 2.70. The lowest BCUT2D eigenvalue weighted by Gasteiger charge is -2.21. The van der Waals surface area contributed by atoms with E-state index >= 15 is 0 Å². The first kappa shape index (κ1) is 16.5. The minimum absolute atomic E-state index is 0.123. The maximum absolute atomic E-state index is 12.2. The molecule has 1 aromatic carbocycles. The molecule has 0 spiro atoms. The van der Waals surface area contributed by atoms with Crippen molar-refractivity contribution in [2.24, 2.45) is 0 Å². The number of hydrogen-bond donors (Lipinski definition) is 1. The molecular weight excluding hydrogens is 278 g/mol. The van der Waals surface area contributed by atoms with Crippen LogP contribution in [0.25, 0.3) is 0 Å². The van der Waals surface area contributed by atoms with Crippen LogP contribution in [0.2, 0.25) is 0 Å². The van der Waals surface area contributed by atoms with Gasteiger partial charge in [0, 0.05) is 28.2 Å². The Hall–Kier alpha value is -1.60. The van der Waals surface area contributed by atoms with Crippen LogP contribution in [0, 0.1) is 0 Å². The van der Waals surface area contributed by atoms with Crippen molar-refractivity contribution >= 4 is 21.6 Å². The maximum atomic E-state index is 12.2. The minimum atomic E-state index is -3.55. The second-order valence-electron chi connectivity index (χ2n) is 4.88. The fourth-order valence-electron chi connectivity index (χ4n) is 1.69. The van der Waals surface area contributed by atoms with Gasteiger partial charge in [0.1, 0.15) is 10.9 Å². The van der Waals surface area contributed by atoms with E-state index in [-0.39, 0.29) is 10.8 Å². The van der Waals surface area contributed by atoms with Crippen LogP contribution in [0.15, 0.2) is 29.2 Å². The Labute approximate surface area is 120 Å². The molecule has 1 unspecified atom stereocenters. The van der Waals surface area contributed by atoms with Crippen LogP contribution in [-0.2, 0) is 14.8 Å². The average molecular weight is 299 g/mol. The van der Waals surface area contributed by atoms with Gasteiger partial charge in [-0.25, -0.2) is 12.7 Å². The van der Waals surface area contributed by atoms with Gasteiger partial charge in [0.05, 0.1) is 5.69 Å². The molecule has 0 bridgehead atoms. The predicted molar refractivity (Wildman–Crippen MR) is 79.1 cm³/mol. The summed E-state index contributed by atoms with van der Waals surface area (Å²) in [5.74, 6) is -0.123. The van der Waals surface area contributed by atoms with E-state index in [1.807, 2.05) is 0 Å². The Kier molecular flexibility index (Phi) is 5.13. The summed E-state index contributed by atoms with van der Waals surface area (Å²) in [5, 5.41) is 2.96. The Morgan fingerprint density at radius 3 is 2.20 bits per heavy atom. The van der Waals surface area contributed by atoms with Crippen LogP contribution in [-0.4, -0.2) is 57.8 Å². The number of hydrogen-bond acceptors (Lipinski definition) is 4. The van der Waals surface area contributed by atoms with E-state index in [0.29, 0.717) is 5.69 Å². The van der Waals surface area contributed by atoms with E-state index in [9.17, 15) is 13.2 Å². The summed E-state index contributed by atoms with van der Waals surface area (Å²) in [6.45, 7) is 1.70. The molecule has 0 saturated heterocycles. The summed E-state index contributed by atoms with van der Waals surface area (Å²) < 4.78 is 25.6. The van der Waals surface area contributed by atoms with Crippen molar-refractivity contribution in [2.75, 3.05) is 33.5 Å².